The molecule has 0 bridgehead atoms. The molecule has 4 rings (SSSR count). The van der Waals surface area contributed by atoms with Gasteiger partial charge in [-0.15, -0.1) is 34.2 Å². The number of benzene rings is 1. The molecule has 1 aliphatic heterocycles. The molecule has 0 amide bonds. The number of aliphatic imine (C=N–C) groups is 1. The van der Waals surface area contributed by atoms with Crippen molar-refractivity contribution in [3.8, 4) is 0 Å². The summed E-state index contributed by atoms with van der Waals surface area (Å²) < 4.78 is 28.6. The Morgan fingerprint density at radius 3 is 2.70 bits per heavy atom. The third kappa shape index (κ3) is 6.83. The average molecular weight is 569 g/mol. The van der Waals surface area contributed by atoms with Gasteiger partial charge in [-0.1, -0.05) is 12.1 Å². The maximum absolute atomic E-state index is 13.4. The topological polar surface area (TPSA) is 69.8 Å². The van der Waals surface area contributed by atoms with Gasteiger partial charge in [0.1, 0.15) is 5.82 Å². The van der Waals surface area contributed by atoms with E-state index < -0.39 is 11.6 Å². The lowest BCUT2D eigenvalue weighted by molar-refractivity contribution is 0.198. The molecular formula is C23H30F2IN7. The molecule has 1 saturated heterocycles. The highest BCUT2D eigenvalue weighted by Crippen LogP contribution is 2.16. The van der Waals surface area contributed by atoms with Crippen molar-refractivity contribution in [3.05, 3.63) is 65.6 Å². The summed E-state index contributed by atoms with van der Waals surface area (Å²) in [6.07, 6.45) is 4.59. The highest BCUT2D eigenvalue weighted by Gasteiger charge is 2.20. The lowest BCUT2D eigenvalue weighted by atomic mass is 10.0. The zero-order chi connectivity index (χ0) is 22.3. The highest BCUT2D eigenvalue weighted by molar-refractivity contribution is 14.0. The molecule has 178 valence electrons. The SMILES string of the molecule is CCNC(=NCCc1nnc2ccccn12)NC1CCN(Cc2ccc(F)c(F)c2)CC1.I. The molecule has 3 heterocycles. The summed E-state index contributed by atoms with van der Waals surface area (Å²) >= 11 is 0. The third-order valence-electron chi connectivity index (χ3n) is 5.65. The summed E-state index contributed by atoms with van der Waals surface area (Å²) in [5.74, 6) is 0.111. The van der Waals surface area contributed by atoms with Crippen LogP contribution in [0, 0.1) is 11.6 Å². The van der Waals surface area contributed by atoms with Crippen LogP contribution in [0.5, 0.6) is 0 Å². The Labute approximate surface area is 209 Å². The van der Waals surface area contributed by atoms with E-state index in [1.165, 1.54) is 12.1 Å². The molecule has 0 spiro atoms. The molecule has 0 atom stereocenters. The summed E-state index contributed by atoms with van der Waals surface area (Å²) in [5.41, 5.74) is 1.64. The lowest BCUT2D eigenvalue weighted by Gasteiger charge is -2.33. The van der Waals surface area contributed by atoms with Gasteiger partial charge < -0.3 is 10.6 Å². The average Bonchev–Trinajstić information content (AvgIpc) is 3.21. The first-order chi connectivity index (χ1) is 15.6. The quantitative estimate of drug-likeness (QED) is 0.260. The Hall–Kier alpha value is -2.34. The molecule has 0 radical (unpaired) electrons. The summed E-state index contributed by atoms with van der Waals surface area (Å²) in [4.78, 5) is 6.99. The second-order valence-electron chi connectivity index (χ2n) is 8.00. The van der Waals surface area contributed by atoms with E-state index in [1.54, 1.807) is 6.07 Å². The normalized spacial score (nSPS) is 15.4. The standard InChI is InChI=1S/C23H29F2N7.HI/c1-2-26-23(27-11-8-22-30-29-21-5-3-4-12-32(21)22)28-18-9-13-31(14-10-18)16-17-6-7-19(24)20(25)15-17;/h3-7,12,15,18H,2,8-11,13-14,16H2,1H3,(H2,26,27,28);1H. The Bertz CT molecular complexity index is 1060. The van der Waals surface area contributed by atoms with Crippen LogP contribution in [0.15, 0.2) is 47.6 Å². The number of hydrogen-bond acceptors (Lipinski definition) is 4. The minimum atomic E-state index is -0.802. The van der Waals surface area contributed by atoms with Crippen LogP contribution in [-0.4, -0.2) is 57.7 Å². The van der Waals surface area contributed by atoms with Crippen molar-refractivity contribution in [1.82, 2.24) is 30.1 Å². The summed E-state index contributed by atoms with van der Waals surface area (Å²) in [7, 11) is 0. The van der Waals surface area contributed by atoms with Gasteiger partial charge in [-0.3, -0.25) is 14.3 Å². The van der Waals surface area contributed by atoms with Gasteiger partial charge in [0.25, 0.3) is 0 Å². The van der Waals surface area contributed by atoms with E-state index in [-0.39, 0.29) is 24.0 Å². The van der Waals surface area contributed by atoms with Crippen LogP contribution >= 0.6 is 24.0 Å². The molecule has 1 fully saturated rings. The van der Waals surface area contributed by atoms with E-state index in [0.29, 0.717) is 25.6 Å². The Kier molecular flexibility index (Phi) is 9.36. The molecule has 33 heavy (non-hydrogen) atoms. The van der Waals surface area contributed by atoms with Gasteiger partial charge in [0.05, 0.1) is 0 Å². The molecule has 3 aromatic rings. The van der Waals surface area contributed by atoms with Gasteiger partial charge in [0.2, 0.25) is 0 Å². The van der Waals surface area contributed by atoms with Gasteiger partial charge >= 0.3 is 0 Å². The molecule has 2 N–H and O–H groups in total. The van der Waals surface area contributed by atoms with Crippen LogP contribution in [0.25, 0.3) is 5.65 Å². The van der Waals surface area contributed by atoms with Gasteiger partial charge in [0, 0.05) is 51.4 Å². The van der Waals surface area contributed by atoms with E-state index in [9.17, 15) is 8.78 Å². The Balaban J connectivity index is 0.00000306. The van der Waals surface area contributed by atoms with E-state index in [4.69, 9.17) is 4.99 Å². The first kappa shape index (κ1) is 25.3. The molecule has 1 aliphatic rings. The zero-order valence-corrected chi connectivity index (χ0v) is 21.0. The smallest absolute Gasteiger partial charge is 0.191 e. The molecule has 0 unspecified atom stereocenters. The number of likely N-dealkylation sites (tertiary alicyclic amines) is 1. The monoisotopic (exact) mass is 569 g/mol. The minimum Gasteiger partial charge on any atom is -0.357 e. The van der Waals surface area contributed by atoms with E-state index in [2.05, 4.69) is 25.7 Å². The van der Waals surface area contributed by atoms with Gasteiger partial charge in [-0.05, 0) is 49.6 Å². The van der Waals surface area contributed by atoms with Crippen LogP contribution in [0.4, 0.5) is 8.78 Å². The molecule has 7 nitrogen and oxygen atoms in total. The number of pyridine rings is 1. The van der Waals surface area contributed by atoms with Crippen LogP contribution in [-0.2, 0) is 13.0 Å². The fraction of sp³-hybridized carbons (Fsp3) is 0.435. The largest absolute Gasteiger partial charge is 0.357 e. The molecular weight excluding hydrogens is 539 g/mol. The number of rotatable bonds is 7. The van der Waals surface area contributed by atoms with Crippen molar-refractivity contribution in [2.24, 2.45) is 4.99 Å². The summed E-state index contributed by atoms with van der Waals surface area (Å²) in [5, 5.41) is 15.3. The molecule has 2 aromatic heterocycles. The van der Waals surface area contributed by atoms with E-state index in [0.717, 1.165) is 55.5 Å². The van der Waals surface area contributed by atoms with Crippen LogP contribution in [0.1, 0.15) is 31.2 Å². The predicted octanol–water partition coefficient (Wildman–Crippen LogP) is 3.39. The maximum atomic E-state index is 13.4. The number of fused-ring (bicyclic) bond motifs is 1. The Morgan fingerprint density at radius 1 is 1.12 bits per heavy atom. The van der Waals surface area contributed by atoms with Crippen molar-refractivity contribution in [1.29, 1.82) is 0 Å². The first-order valence-corrected chi connectivity index (χ1v) is 11.1. The molecule has 0 saturated carbocycles. The summed E-state index contributed by atoms with van der Waals surface area (Å²) in [6.45, 7) is 5.86. The first-order valence-electron chi connectivity index (χ1n) is 11.1. The van der Waals surface area contributed by atoms with Crippen molar-refractivity contribution >= 4 is 35.6 Å². The van der Waals surface area contributed by atoms with Crippen molar-refractivity contribution in [3.63, 3.8) is 0 Å². The highest BCUT2D eigenvalue weighted by atomic mass is 127. The van der Waals surface area contributed by atoms with Crippen LogP contribution in [0.2, 0.25) is 0 Å². The Morgan fingerprint density at radius 2 is 1.94 bits per heavy atom. The minimum absolute atomic E-state index is 0. The lowest BCUT2D eigenvalue weighted by Crippen LogP contribution is -2.48. The number of nitrogens with zero attached hydrogens (tertiary/aromatic N) is 5. The molecule has 1 aromatic carbocycles. The number of aromatic nitrogens is 3. The fourth-order valence-corrected chi connectivity index (χ4v) is 3.97. The summed E-state index contributed by atoms with van der Waals surface area (Å²) in [6, 6.07) is 10.3. The third-order valence-corrected chi connectivity index (χ3v) is 5.65. The van der Waals surface area contributed by atoms with E-state index >= 15 is 0 Å². The van der Waals surface area contributed by atoms with E-state index in [1.807, 2.05) is 35.7 Å². The van der Waals surface area contributed by atoms with Crippen LogP contribution < -0.4 is 10.6 Å². The van der Waals surface area contributed by atoms with Gasteiger partial charge in [-0.2, -0.15) is 0 Å². The van der Waals surface area contributed by atoms with Gasteiger partial charge in [0.15, 0.2) is 23.2 Å². The van der Waals surface area contributed by atoms with Crippen molar-refractivity contribution in [2.75, 3.05) is 26.2 Å². The van der Waals surface area contributed by atoms with Crippen molar-refractivity contribution < 1.29 is 8.78 Å². The molecule has 0 aliphatic carbocycles. The number of guanidine groups is 1. The second kappa shape index (κ2) is 12.2. The van der Waals surface area contributed by atoms with Crippen LogP contribution in [0.3, 0.4) is 0 Å². The number of hydrogen-bond donors (Lipinski definition) is 2. The molecule has 10 heteroatoms. The second-order valence-corrected chi connectivity index (χ2v) is 8.00. The van der Waals surface area contributed by atoms with Crippen molar-refractivity contribution in [2.45, 2.75) is 38.8 Å². The number of halogens is 3. The van der Waals surface area contributed by atoms with Gasteiger partial charge in [-0.25, -0.2) is 8.78 Å². The number of nitrogens with one attached hydrogen (secondary N) is 2. The predicted molar refractivity (Wildman–Crippen MR) is 136 cm³/mol. The maximum Gasteiger partial charge on any atom is 0.191 e. The zero-order valence-electron chi connectivity index (χ0n) is 18.7. The number of piperidine rings is 1. The fourth-order valence-electron chi connectivity index (χ4n) is 3.97.